The fourth-order valence-corrected chi connectivity index (χ4v) is 1.87. The van der Waals surface area contributed by atoms with Crippen molar-refractivity contribution in [2.75, 3.05) is 13.2 Å². The van der Waals surface area contributed by atoms with E-state index in [1.54, 1.807) is 24.3 Å². The van der Waals surface area contributed by atoms with Crippen molar-refractivity contribution >= 4 is 16.8 Å². The summed E-state index contributed by atoms with van der Waals surface area (Å²) in [6, 6.07) is 7.58. The first-order chi connectivity index (χ1) is 10.8. The fraction of sp³-hybridized carbons (Fsp3) is 0.333. The van der Waals surface area contributed by atoms with Crippen LogP contribution in [0.1, 0.15) is 17.4 Å². The third kappa shape index (κ3) is 4.82. The molecule has 1 atom stereocenters. The molecule has 23 heavy (non-hydrogen) atoms. The van der Waals surface area contributed by atoms with Crippen molar-refractivity contribution in [3.8, 4) is 5.75 Å². The molecule has 0 fully saturated rings. The molecule has 0 saturated heterocycles. The van der Waals surface area contributed by atoms with Gasteiger partial charge >= 0.3 is 6.18 Å². The van der Waals surface area contributed by atoms with Crippen molar-refractivity contribution in [3.05, 3.63) is 36.0 Å². The van der Waals surface area contributed by atoms with Crippen molar-refractivity contribution in [1.29, 1.82) is 0 Å². The van der Waals surface area contributed by atoms with E-state index in [0.717, 1.165) is 6.07 Å². The van der Waals surface area contributed by atoms with Crippen LogP contribution in [0.5, 0.6) is 5.75 Å². The minimum absolute atomic E-state index is 0.00603. The van der Waals surface area contributed by atoms with Crippen LogP contribution in [-0.4, -0.2) is 41.4 Å². The molecule has 0 aliphatic rings. The molecule has 124 valence electrons. The standard InChI is InChI=1S/C15H15F3N2O3/c1-9(21)7-19-14(22)12-6-13(23-8-15(16,17)18)10-4-2-3-5-11(10)20-12/h2-6,9,21H,7-8H2,1H3,(H,19,22). The van der Waals surface area contributed by atoms with Gasteiger partial charge in [0, 0.05) is 18.0 Å². The number of aromatic nitrogens is 1. The molecule has 0 aliphatic heterocycles. The van der Waals surface area contributed by atoms with E-state index < -0.39 is 24.8 Å². The van der Waals surface area contributed by atoms with Crippen LogP contribution >= 0.6 is 0 Å². The van der Waals surface area contributed by atoms with Gasteiger partial charge in [0.25, 0.3) is 5.91 Å². The number of hydrogen-bond donors (Lipinski definition) is 2. The van der Waals surface area contributed by atoms with Gasteiger partial charge in [-0.2, -0.15) is 13.2 Å². The summed E-state index contributed by atoms with van der Waals surface area (Å²) in [7, 11) is 0. The Morgan fingerprint density at radius 3 is 2.74 bits per heavy atom. The number of rotatable bonds is 5. The van der Waals surface area contributed by atoms with E-state index in [2.05, 4.69) is 10.3 Å². The highest BCUT2D eigenvalue weighted by atomic mass is 19.4. The summed E-state index contributed by atoms with van der Waals surface area (Å²) in [5.41, 5.74) is 0.260. The lowest BCUT2D eigenvalue weighted by Gasteiger charge is -2.13. The van der Waals surface area contributed by atoms with Crippen LogP contribution in [0.4, 0.5) is 13.2 Å². The van der Waals surface area contributed by atoms with Crippen molar-refractivity contribution in [2.45, 2.75) is 19.2 Å². The van der Waals surface area contributed by atoms with Crippen molar-refractivity contribution in [1.82, 2.24) is 10.3 Å². The molecule has 1 aromatic carbocycles. The smallest absolute Gasteiger partial charge is 0.422 e. The topological polar surface area (TPSA) is 71.5 Å². The Kier molecular flexibility index (Phi) is 5.05. The number of alkyl halides is 3. The molecule has 5 nitrogen and oxygen atoms in total. The minimum atomic E-state index is -4.49. The number of benzene rings is 1. The Labute approximate surface area is 130 Å². The Hall–Kier alpha value is -2.35. The van der Waals surface area contributed by atoms with Crippen molar-refractivity contribution in [2.24, 2.45) is 0 Å². The van der Waals surface area contributed by atoms with Gasteiger partial charge in [0.1, 0.15) is 11.4 Å². The van der Waals surface area contributed by atoms with Crippen LogP contribution in [0.2, 0.25) is 0 Å². The SMILES string of the molecule is CC(O)CNC(=O)c1cc(OCC(F)(F)F)c2ccccc2n1. The van der Waals surface area contributed by atoms with Gasteiger partial charge in [0.15, 0.2) is 6.61 Å². The number of carbonyl (C=O) groups is 1. The lowest BCUT2D eigenvalue weighted by Crippen LogP contribution is -2.31. The number of nitrogens with zero attached hydrogens (tertiary/aromatic N) is 1. The molecule has 2 N–H and O–H groups in total. The first kappa shape index (κ1) is 17.0. The Morgan fingerprint density at radius 1 is 1.39 bits per heavy atom. The van der Waals surface area contributed by atoms with Gasteiger partial charge < -0.3 is 15.2 Å². The van der Waals surface area contributed by atoms with Crippen LogP contribution in [-0.2, 0) is 0 Å². The Bertz CT molecular complexity index is 702. The highest BCUT2D eigenvalue weighted by Crippen LogP contribution is 2.27. The van der Waals surface area contributed by atoms with Gasteiger partial charge in [-0.05, 0) is 19.1 Å². The molecule has 1 heterocycles. The Balaban J connectivity index is 2.33. The summed E-state index contributed by atoms with van der Waals surface area (Å²) in [5.74, 6) is -0.677. The van der Waals surface area contributed by atoms with E-state index in [1.165, 1.54) is 6.92 Å². The second kappa shape index (κ2) is 6.82. The molecule has 0 aliphatic carbocycles. The number of pyridine rings is 1. The average molecular weight is 328 g/mol. The number of fused-ring (bicyclic) bond motifs is 1. The van der Waals surface area contributed by atoms with E-state index in [4.69, 9.17) is 9.84 Å². The first-order valence-electron chi connectivity index (χ1n) is 6.82. The zero-order valence-corrected chi connectivity index (χ0v) is 12.2. The number of halogens is 3. The summed E-state index contributed by atoms with van der Waals surface area (Å²) < 4.78 is 41.9. The van der Waals surface area contributed by atoms with Gasteiger partial charge in [-0.15, -0.1) is 0 Å². The summed E-state index contributed by atoms with van der Waals surface area (Å²) >= 11 is 0. The zero-order valence-electron chi connectivity index (χ0n) is 12.2. The number of ether oxygens (including phenoxy) is 1. The molecule has 2 aromatic rings. The molecular formula is C15H15F3N2O3. The van der Waals surface area contributed by atoms with Gasteiger partial charge in [-0.1, -0.05) is 12.1 Å². The van der Waals surface area contributed by atoms with Crippen molar-refractivity contribution < 1.29 is 27.8 Å². The van der Waals surface area contributed by atoms with E-state index >= 15 is 0 Å². The molecule has 0 spiro atoms. The number of para-hydroxylation sites is 1. The number of nitrogens with one attached hydrogen (secondary N) is 1. The number of aliphatic hydroxyl groups excluding tert-OH is 1. The normalized spacial score (nSPS) is 12.9. The third-order valence-electron chi connectivity index (χ3n) is 2.86. The molecule has 0 bridgehead atoms. The molecule has 1 amide bonds. The quantitative estimate of drug-likeness (QED) is 0.883. The first-order valence-corrected chi connectivity index (χ1v) is 6.82. The predicted octanol–water partition coefficient (Wildman–Crippen LogP) is 2.29. The van der Waals surface area contributed by atoms with Crippen LogP contribution in [0.3, 0.4) is 0 Å². The summed E-state index contributed by atoms with van der Waals surface area (Å²) in [5, 5.41) is 12.0. The van der Waals surface area contributed by atoms with Crippen LogP contribution in [0, 0.1) is 0 Å². The number of carbonyl (C=O) groups excluding carboxylic acids is 1. The number of aliphatic hydroxyl groups is 1. The molecule has 0 saturated carbocycles. The maximum absolute atomic E-state index is 12.4. The monoisotopic (exact) mass is 328 g/mol. The summed E-state index contributed by atoms with van der Waals surface area (Å²) in [6.07, 6.45) is -5.24. The van der Waals surface area contributed by atoms with Gasteiger partial charge in [0.05, 0.1) is 11.6 Å². The number of amides is 1. The maximum atomic E-state index is 12.4. The molecule has 1 aromatic heterocycles. The summed E-state index contributed by atoms with van der Waals surface area (Å²) in [6.45, 7) is 0.0355. The van der Waals surface area contributed by atoms with E-state index in [0.29, 0.717) is 10.9 Å². The van der Waals surface area contributed by atoms with Gasteiger partial charge in [-0.3, -0.25) is 4.79 Å². The predicted molar refractivity (Wildman–Crippen MR) is 77.3 cm³/mol. The summed E-state index contributed by atoms with van der Waals surface area (Å²) in [4.78, 5) is 16.1. The highest BCUT2D eigenvalue weighted by Gasteiger charge is 2.29. The highest BCUT2D eigenvalue weighted by molar-refractivity contribution is 5.97. The lowest BCUT2D eigenvalue weighted by molar-refractivity contribution is -0.153. The largest absolute Gasteiger partial charge is 0.483 e. The molecule has 2 rings (SSSR count). The lowest BCUT2D eigenvalue weighted by atomic mass is 10.1. The van der Waals surface area contributed by atoms with Gasteiger partial charge in [-0.25, -0.2) is 4.98 Å². The molecule has 1 unspecified atom stereocenters. The fourth-order valence-electron chi connectivity index (χ4n) is 1.87. The van der Waals surface area contributed by atoms with Crippen LogP contribution in [0.15, 0.2) is 30.3 Å². The zero-order chi connectivity index (χ0) is 17.0. The molecule has 8 heteroatoms. The maximum Gasteiger partial charge on any atom is 0.422 e. The molecular weight excluding hydrogens is 313 g/mol. The minimum Gasteiger partial charge on any atom is -0.483 e. The second-order valence-corrected chi connectivity index (χ2v) is 4.99. The van der Waals surface area contributed by atoms with Crippen LogP contribution < -0.4 is 10.1 Å². The van der Waals surface area contributed by atoms with E-state index in [1.807, 2.05) is 0 Å². The average Bonchev–Trinajstić information content (AvgIpc) is 2.49. The number of hydrogen-bond acceptors (Lipinski definition) is 4. The van der Waals surface area contributed by atoms with Crippen molar-refractivity contribution in [3.63, 3.8) is 0 Å². The van der Waals surface area contributed by atoms with E-state index in [-0.39, 0.29) is 18.0 Å². The Morgan fingerprint density at radius 2 is 2.09 bits per heavy atom. The van der Waals surface area contributed by atoms with E-state index in [9.17, 15) is 18.0 Å². The van der Waals surface area contributed by atoms with Gasteiger partial charge in [0.2, 0.25) is 0 Å². The second-order valence-electron chi connectivity index (χ2n) is 4.99. The van der Waals surface area contributed by atoms with Crippen LogP contribution in [0.25, 0.3) is 10.9 Å². The molecule has 0 radical (unpaired) electrons. The third-order valence-corrected chi connectivity index (χ3v) is 2.86.